The maximum atomic E-state index is 11.9. The summed E-state index contributed by atoms with van der Waals surface area (Å²) in [5, 5.41) is 2.88. The number of likely N-dealkylation sites (N-methyl/N-ethyl adjacent to an activating group) is 1. The molecule has 4 heteroatoms. The highest BCUT2D eigenvalue weighted by Crippen LogP contribution is 2.16. The van der Waals surface area contributed by atoms with Crippen LogP contribution in [0.4, 0.5) is 5.69 Å². The summed E-state index contributed by atoms with van der Waals surface area (Å²) in [4.78, 5) is 13.9. The highest BCUT2D eigenvalue weighted by Gasteiger charge is 2.07. The van der Waals surface area contributed by atoms with Gasteiger partial charge in [-0.2, -0.15) is 0 Å². The van der Waals surface area contributed by atoms with Crippen molar-refractivity contribution in [1.29, 1.82) is 0 Å². The molecular weight excluding hydrogens is 288 g/mol. The Labute approximate surface area is 138 Å². The molecule has 2 aromatic rings. The molecule has 23 heavy (non-hydrogen) atoms. The topological polar surface area (TPSA) is 41.6 Å². The standard InChI is InChI=1S/C19H24N2O2/c1-16-9-6-7-12-18(16)23-14-8-13-21(2)15-19(22)20-17-10-4-3-5-11-17/h3-7,9-12H,8,13-15H2,1-2H3,(H,20,22). The second-order valence-electron chi connectivity index (χ2n) is 5.62. The van der Waals surface area contributed by atoms with Gasteiger partial charge in [0.2, 0.25) is 5.91 Å². The van der Waals surface area contributed by atoms with Crippen molar-refractivity contribution in [1.82, 2.24) is 4.90 Å². The van der Waals surface area contributed by atoms with E-state index in [1.165, 1.54) is 0 Å². The third kappa shape index (κ3) is 6.12. The molecule has 122 valence electrons. The number of nitrogens with one attached hydrogen (secondary N) is 1. The Morgan fingerprint density at radius 3 is 2.52 bits per heavy atom. The summed E-state index contributed by atoms with van der Waals surface area (Å²) in [7, 11) is 1.94. The van der Waals surface area contributed by atoms with Crippen LogP contribution in [0.15, 0.2) is 54.6 Å². The summed E-state index contributed by atoms with van der Waals surface area (Å²) in [6.45, 7) is 3.87. The third-order valence-electron chi connectivity index (χ3n) is 3.51. The van der Waals surface area contributed by atoms with Crippen LogP contribution in [-0.2, 0) is 4.79 Å². The normalized spacial score (nSPS) is 10.6. The van der Waals surface area contributed by atoms with Gasteiger partial charge in [0.25, 0.3) is 0 Å². The first-order chi connectivity index (χ1) is 11.1. The second kappa shape index (κ2) is 8.96. The molecule has 0 heterocycles. The first kappa shape index (κ1) is 17.0. The SMILES string of the molecule is Cc1ccccc1OCCCN(C)CC(=O)Nc1ccccc1. The number of hydrogen-bond donors (Lipinski definition) is 1. The van der Waals surface area contributed by atoms with Crippen molar-refractivity contribution in [2.75, 3.05) is 32.1 Å². The minimum atomic E-state index is -0.00137. The number of rotatable bonds is 8. The van der Waals surface area contributed by atoms with Gasteiger partial charge >= 0.3 is 0 Å². The molecule has 0 aliphatic carbocycles. The molecule has 0 radical (unpaired) electrons. The highest BCUT2D eigenvalue weighted by atomic mass is 16.5. The number of hydrogen-bond acceptors (Lipinski definition) is 3. The van der Waals surface area contributed by atoms with Crippen LogP contribution in [0.25, 0.3) is 0 Å². The van der Waals surface area contributed by atoms with E-state index in [0.29, 0.717) is 13.2 Å². The molecule has 0 aromatic heterocycles. The molecular formula is C19H24N2O2. The Balaban J connectivity index is 1.64. The van der Waals surface area contributed by atoms with Crippen molar-refractivity contribution in [3.8, 4) is 5.75 Å². The smallest absolute Gasteiger partial charge is 0.238 e. The van der Waals surface area contributed by atoms with Crippen molar-refractivity contribution < 1.29 is 9.53 Å². The van der Waals surface area contributed by atoms with Crippen LogP contribution in [0.5, 0.6) is 5.75 Å². The molecule has 0 spiro atoms. The number of benzene rings is 2. The minimum Gasteiger partial charge on any atom is -0.493 e. The Kier molecular flexibility index (Phi) is 6.63. The number of anilines is 1. The van der Waals surface area contributed by atoms with Gasteiger partial charge in [-0.25, -0.2) is 0 Å². The molecule has 0 saturated heterocycles. The van der Waals surface area contributed by atoms with E-state index in [0.717, 1.165) is 30.0 Å². The van der Waals surface area contributed by atoms with Crippen molar-refractivity contribution in [2.24, 2.45) is 0 Å². The fraction of sp³-hybridized carbons (Fsp3) is 0.316. The number of ether oxygens (including phenoxy) is 1. The van der Waals surface area contributed by atoms with Gasteiger partial charge in [-0.3, -0.25) is 9.69 Å². The van der Waals surface area contributed by atoms with E-state index in [9.17, 15) is 4.79 Å². The molecule has 0 unspecified atom stereocenters. The Morgan fingerprint density at radius 2 is 1.78 bits per heavy atom. The van der Waals surface area contributed by atoms with Gasteiger partial charge < -0.3 is 10.1 Å². The van der Waals surface area contributed by atoms with E-state index in [1.807, 2.05) is 73.5 Å². The van der Waals surface area contributed by atoms with Gasteiger partial charge in [0.05, 0.1) is 13.2 Å². The predicted molar refractivity (Wildman–Crippen MR) is 93.9 cm³/mol. The summed E-state index contributed by atoms with van der Waals surface area (Å²) >= 11 is 0. The number of nitrogens with zero attached hydrogens (tertiary/aromatic N) is 1. The summed E-state index contributed by atoms with van der Waals surface area (Å²) in [5.41, 5.74) is 1.97. The number of carbonyl (C=O) groups excluding carboxylic acids is 1. The van der Waals surface area contributed by atoms with E-state index in [4.69, 9.17) is 4.74 Å². The molecule has 2 rings (SSSR count). The van der Waals surface area contributed by atoms with Crippen molar-refractivity contribution in [3.63, 3.8) is 0 Å². The quantitative estimate of drug-likeness (QED) is 0.760. The van der Waals surface area contributed by atoms with Gasteiger partial charge in [0.1, 0.15) is 5.75 Å². The van der Waals surface area contributed by atoms with Gasteiger partial charge in [-0.1, -0.05) is 36.4 Å². The van der Waals surface area contributed by atoms with Crippen LogP contribution in [0, 0.1) is 6.92 Å². The first-order valence-corrected chi connectivity index (χ1v) is 7.87. The second-order valence-corrected chi connectivity index (χ2v) is 5.62. The fourth-order valence-corrected chi connectivity index (χ4v) is 2.28. The molecule has 0 saturated carbocycles. The lowest BCUT2D eigenvalue weighted by Gasteiger charge is -2.16. The molecule has 2 aromatic carbocycles. The zero-order valence-electron chi connectivity index (χ0n) is 13.8. The summed E-state index contributed by atoms with van der Waals surface area (Å²) in [6.07, 6.45) is 0.878. The van der Waals surface area contributed by atoms with Crippen LogP contribution < -0.4 is 10.1 Å². The molecule has 1 N–H and O–H groups in total. The van der Waals surface area contributed by atoms with Gasteiger partial charge in [-0.05, 0) is 44.2 Å². The Morgan fingerprint density at radius 1 is 1.09 bits per heavy atom. The molecule has 0 fully saturated rings. The van der Waals surface area contributed by atoms with E-state index in [-0.39, 0.29) is 5.91 Å². The minimum absolute atomic E-state index is 0.00137. The zero-order chi connectivity index (χ0) is 16.5. The van der Waals surface area contributed by atoms with Crippen LogP contribution in [0.2, 0.25) is 0 Å². The lowest BCUT2D eigenvalue weighted by atomic mass is 10.2. The fourth-order valence-electron chi connectivity index (χ4n) is 2.28. The average molecular weight is 312 g/mol. The third-order valence-corrected chi connectivity index (χ3v) is 3.51. The highest BCUT2D eigenvalue weighted by molar-refractivity contribution is 5.92. The van der Waals surface area contributed by atoms with Crippen LogP contribution in [0.1, 0.15) is 12.0 Å². The predicted octanol–water partition coefficient (Wildman–Crippen LogP) is 3.33. The summed E-state index contributed by atoms with van der Waals surface area (Å²) < 4.78 is 5.76. The van der Waals surface area contributed by atoms with Gasteiger partial charge in [-0.15, -0.1) is 0 Å². The van der Waals surface area contributed by atoms with Gasteiger partial charge in [0.15, 0.2) is 0 Å². The maximum absolute atomic E-state index is 11.9. The van der Waals surface area contributed by atoms with Crippen molar-refractivity contribution >= 4 is 11.6 Å². The molecule has 1 amide bonds. The average Bonchev–Trinajstić information content (AvgIpc) is 2.54. The van der Waals surface area contributed by atoms with Crippen LogP contribution in [-0.4, -0.2) is 37.6 Å². The molecule has 0 atom stereocenters. The number of para-hydroxylation sites is 2. The van der Waals surface area contributed by atoms with Crippen LogP contribution in [0.3, 0.4) is 0 Å². The van der Waals surface area contributed by atoms with E-state index >= 15 is 0 Å². The van der Waals surface area contributed by atoms with Crippen molar-refractivity contribution in [3.05, 3.63) is 60.2 Å². The van der Waals surface area contributed by atoms with E-state index in [1.54, 1.807) is 0 Å². The molecule has 0 aliphatic heterocycles. The first-order valence-electron chi connectivity index (χ1n) is 7.87. The monoisotopic (exact) mass is 312 g/mol. The van der Waals surface area contributed by atoms with Crippen molar-refractivity contribution in [2.45, 2.75) is 13.3 Å². The largest absolute Gasteiger partial charge is 0.493 e. The van der Waals surface area contributed by atoms with E-state index in [2.05, 4.69) is 5.32 Å². The Hall–Kier alpha value is -2.33. The number of carbonyl (C=O) groups is 1. The van der Waals surface area contributed by atoms with Crippen LogP contribution >= 0.6 is 0 Å². The Bertz CT molecular complexity index is 614. The van der Waals surface area contributed by atoms with E-state index < -0.39 is 0 Å². The zero-order valence-corrected chi connectivity index (χ0v) is 13.8. The summed E-state index contributed by atoms with van der Waals surface area (Å²) in [6, 6.07) is 17.5. The molecule has 0 aliphatic rings. The summed E-state index contributed by atoms with van der Waals surface area (Å²) in [5.74, 6) is 0.926. The van der Waals surface area contributed by atoms with Gasteiger partial charge in [0, 0.05) is 12.2 Å². The number of amides is 1. The molecule has 0 bridgehead atoms. The number of aryl methyl sites for hydroxylation is 1. The molecule has 4 nitrogen and oxygen atoms in total. The maximum Gasteiger partial charge on any atom is 0.238 e. The lowest BCUT2D eigenvalue weighted by Crippen LogP contribution is -2.31. The lowest BCUT2D eigenvalue weighted by molar-refractivity contribution is -0.117.